The molecule has 0 saturated heterocycles. The number of rotatable bonds is 6. The van der Waals surface area contributed by atoms with Gasteiger partial charge in [-0.1, -0.05) is 48.0 Å². The van der Waals surface area contributed by atoms with Gasteiger partial charge in [0.2, 0.25) is 0 Å². The van der Waals surface area contributed by atoms with Gasteiger partial charge in [0.1, 0.15) is 0 Å². The summed E-state index contributed by atoms with van der Waals surface area (Å²) in [4.78, 5) is 0. The Morgan fingerprint density at radius 1 is 1.33 bits per heavy atom. The van der Waals surface area contributed by atoms with E-state index >= 15 is 0 Å². The molecule has 0 radical (unpaired) electrons. The summed E-state index contributed by atoms with van der Waals surface area (Å²) in [6.07, 6.45) is 2.32. The summed E-state index contributed by atoms with van der Waals surface area (Å²) in [7, 11) is 0. The molecule has 2 nitrogen and oxygen atoms in total. The van der Waals surface area contributed by atoms with Gasteiger partial charge in [-0.05, 0) is 24.5 Å². The van der Waals surface area contributed by atoms with Crippen LogP contribution in [0.1, 0.15) is 32.3 Å². The maximum Gasteiger partial charge on any atom is 0.0499 e. The van der Waals surface area contributed by atoms with Crippen molar-refractivity contribution in [1.82, 2.24) is 5.32 Å². The normalized spacial score (nSPS) is 17.8. The lowest BCUT2D eigenvalue weighted by Gasteiger charge is -2.28. The maximum absolute atomic E-state index is 9.30. The van der Waals surface area contributed by atoms with Crippen LogP contribution in [0.5, 0.6) is 0 Å². The molecule has 1 aromatic carbocycles. The molecule has 100 valence electrons. The second-order valence-corrected chi connectivity index (χ2v) is 6.98. The van der Waals surface area contributed by atoms with Crippen LogP contribution >= 0.6 is 15.9 Å². The third kappa shape index (κ3) is 3.14. The van der Waals surface area contributed by atoms with Gasteiger partial charge < -0.3 is 10.4 Å². The van der Waals surface area contributed by atoms with Crippen molar-refractivity contribution in [3.05, 3.63) is 34.3 Å². The molecule has 1 aliphatic carbocycles. The minimum absolute atomic E-state index is 0.0889. The average Bonchev–Trinajstić information content (AvgIpc) is 3.10. The number of hydrogen-bond donors (Lipinski definition) is 2. The molecule has 1 aromatic rings. The van der Waals surface area contributed by atoms with E-state index in [2.05, 4.69) is 53.3 Å². The average molecular weight is 312 g/mol. The molecule has 0 bridgehead atoms. The molecule has 1 fully saturated rings. The molecule has 0 aromatic heterocycles. The van der Waals surface area contributed by atoms with Gasteiger partial charge in [0.05, 0.1) is 0 Å². The lowest BCUT2D eigenvalue weighted by molar-refractivity contribution is 0.205. The van der Waals surface area contributed by atoms with Crippen molar-refractivity contribution in [3.63, 3.8) is 0 Å². The first-order valence-corrected chi connectivity index (χ1v) is 7.35. The molecule has 0 spiro atoms. The molecule has 1 saturated carbocycles. The minimum Gasteiger partial charge on any atom is -0.396 e. The van der Waals surface area contributed by atoms with Gasteiger partial charge in [-0.25, -0.2) is 0 Å². The number of halogens is 1. The first-order valence-electron chi connectivity index (χ1n) is 6.56. The van der Waals surface area contributed by atoms with E-state index in [0.29, 0.717) is 6.61 Å². The largest absolute Gasteiger partial charge is 0.396 e. The van der Waals surface area contributed by atoms with Crippen LogP contribution in [0.3, 0.4) is 0 Å². The van der Waals surface area contributed by atoms with Crippen molar-refractivity contribution >= 4 is 15.9 Å². The molecule has 2 rings (SSSR count). The lowest BCUT2D eigenvalue weighted by Crippen LogP contribution is -2.37. The van der Waals surface area contributed by atoms with Crippen molar-refractivity contribution in [2.45, 2.75) is 32.1 Å². The Bertz CT molecular complexity index is 413. The van der Waals surface area contributed by atoms with Gasteiger partial charge in [-0.3, -0.25) is 0 Å². The number of nitrogens with one attached hydrogen (secondary N) is 1. The first-order chi connectivity index (χ1) is 8.49. The molecule has 0 unspecified atom stereocenters. The molecule has 0 heterocycles. The molecule has 2 N–H and O–H groups in total. The fraction of sp³-hybridized carbons (Fsp3) is 0.600. The molecule has 18 heavy (non-hydrogen) atoms. The molecule has 0 amide bonds. The summed E-state index contributed by atoms with van der Waals surface area (Å²) in [5, 5.41) is 12.8. The van der Waals surface area contributed by atoms with E-state index in [1.54, 1.807) is 0 Å². The van der Waals surface area contributed by atoms with Gasteiger partial charge in [0.25, 0.3) is 0 Å². The van der Waals surface area contributed by atoms with Crippen molar-refractivity contribution in [1.29, 1.82) is 0 Å². The van der Waals surface area contributed by atoms with Crippen LogP contribution in [-0.2, 0) is 5.41 Å². The molecule has 1 aliphatic rings. The number of aliphatic hydroxyl groups is 1. The lowest BCUT2D eigenvalue weighted by atomic mass is 9.84. The first kappa shape index (κ1) is 14.0. The summed E-state index contributed by atoms with van der Waals surface area (Å²) >= 11 is 3.62. The molecular formula is C15H22BrNO. The Morgan fingerprint density at radius 2 is 2.00 bits per heavy atom. The SMILES string of the molecule is CC(C)(CNCC1(CO)CC1)c1ccccc1Br. The third-order valence-corrected chi connectivity index (χ3v) is 4.65. The second-order valence-electron chi connectivity index (χ2n) is 6.13. The fourth-order valence-electron chi connectivity index (χ4n) is 2.31. The van der Waals surface area contributed by atoms with Crippen LogP contribution < -0.4 is 5.32 Å². The van der Waals surface area contributed by atoms with Gasteiger partial charge in [0, 0.05) is 35.0 Å². The van der Waals surface area contributed by atoms with Gasteiger partial charge >= 0.3 is 0 Å². The molecule has 0 aliphatic heterocycles. The number of benzene rings is 1. The van der Waals surface area contributed by atoms with E-state index in [1.165, 1.54) is 10.0 Å². The van der Waals surface area contributed by atoms with Crippen LogP contribution in [0.2, 0.25) is 0 Å². The Kier molecular flexibility index (Phi) is 4.15. The van der Waals surface area contributed by atoms with E-state index in [0.717, 1.165) is 25.9 Å². The molecule has 0 atom stereocenters. The standard InChI is InChI=1S/C15H22BrNO/c1-14(2,12-5-3-4-6-13(12)16)9-17-10-15(11-18)7-8-15/h3-6,17-18H,7-11H2,1-2H3. The Balaban J connectivity index is 1.93. The number of hydrogen-bond acceptors (Lipinski definition) is 2. The third-order valence-electron chi connectivity index (χ3n) is 3.96. The minimum atomic E-state index is 0.0889. The Hall–Kier alpha value is -0.380. The zero-order valence-corrected chi connectivity index (χ0v) is 12.8. The van der Waals surface area contributed by atoms with E-state index < -0.39 is 0 Å². The van der Waals surface area contributed by atoms with Crippen molar-refractivity contribution in [2.75, 3.05) is 19.7 Å². The summed E-state index contributed by atoms with van der Waals surface area (Å²) in [5.41, 5.74) is 1.60. The molecule has 3 heteroatoms. The quantitative estimate of drug-likeness (QED) is 0.846. The predicted molar refractivity (Wildman–Crippen MR) is 78.8 cm³/mol. The van der Waals surface area contributed by atoms with Crippen LogP contribution in [0, 0.1) is 5.41 Å². The summed E-state index contributed by atoms with van der Waals surface area (Å²) in [6, 6.07) is 8.39. The van der Waals surface area contributed by atoms with Crippen molar-refractivity contribution in [2.24, 2.45) is 5.41 Å². The monoisotopic (exact) mass is 311 g/mol. The van der Waals surface area contributed by atoms with Crippen LogP contribution in [0.25, 0.3) is 0 Å². The van der Waals surface area contributed by atoms with Crippen LogP contribution in [0.15, 0.2) is 28.7 Å². The second kappa shape index (κ2) is 5.32. The summed E-state index contributed by atoms with van der Waals surface area (Å²) < 4.78 is 1.17. The highest BCUT2D eigenvalue weighted by Crippen LogP contribution is 2.44. The van der Waals surface area contributed by atoms with Crippen LogP contribution in [0.4, 0.5) is 0 Å². The predicted octanol–water partition coefficient (Wildman–Crippen LogP) is 3.09. The fourth-order valence-corrected chi connectivity index (χ4v) is 3.13. The highest BCUT2D eigenvalue weighted by molar-refractivity contribution is 9.10. The van der Waals surface area contributed by atoms with E-state index in [4.69, 9.17) is 0 Å². The van der Waals surface area contributed by atoms with E-state index in [1.807, 2.05) is 6.07 Å². The van der Waals surface area contributed by atoms with Crippen molar-refractivity contribution < 1.29 is 5.11 Å². The highest BCUT2D eigenvalue weighted by Gasteiger charge is 2.41. The van der Waals surface area contributed by atoms with E-state index in [-0.39, 0.29) is 10.8 Å². The zero-order valence-electron chi connectivity index (χ0n) is 11.2. The maximum atomic E-state index is 9.30. The van der Waals surface area contributed by atoms with Crippen molar-refractivity contribution in [3.8, 4) is 0 Å². The Labute approximate surface area is 118 Å². The zero-order chi connectivity index (χ0) is 13.2. The Morgan fingerprint density at radius 3 is 2.56 bits per heavy atom. The summed E-state index contributed by atoms with van der Waals surface area (Å²) in [6.45, 7) is 6.67. The highest BCUT2D eigenvalue weighted by atomic mass is 79.9. The topological polar surface area (TPSA) is 32.3 Å². The van der Waals surface area contributed by atoms with Gasteiger partial charge in [-0.2, -0.15) is 0 Å². The van der Waals surface area contributed by atoms with Gasteiger partial charge in [0.15, 0.2) is 0 Å². The van der Waals surface area contributed by atoms with E-state index in [9.17, 15) is 5.11 Å². The summed E-state index contributed by atoms with van der Waals surface area (Å²) in [5.74, 6) is 0. The van der Waals surface area contributed by atoms with Gasteiger partial charge in [-0.15, -0.1) is 0 Å². The molecular weight excluding hydrogens is 290 g/mol. The smallest absolute Gasteiger partial charge is 0.0499 e. The van der Waals surface area contributed by atoms with Crippen LogP contribution in [-0.4, -0.2) is 24.8 Å². The number of aliphatic hydroxyl groups excluding tert-OH is 1.